The molecule has 1 heterocycles. The number of benzene rings is 1. The lowest BCUT2D eigenvalue weighted by Crippen LogP contribution is -2.20. The number of sulfone groups is 1. The molecule has 2 unspecified atom stereocenters. The van der Waals surface area contributed by atoms with E-state index in [1.54, 1.807) is 17.8 Å². The number of para-hydroxylation sites is 1. The van der Waals surface area contributed by atoms with Crippen molar-refractivity contribution in [2.24, 2.45) is 0 Å². The predicted octanol–water partition coefficient (Wildman–Crippen LogP) is 2.74. The molecular formula is C13H15BrN2O2S. The third kappa shape index (κ3) is 3.25. The smallest absolute Gasteiger partial charge is 0.151 e. The topological polar surface area (TPSA) is 52.0 Å². The molecular weight excluding hydrogens is 328 g/mol. The third-order valence-electron chi connectivity index (χ3n) is 3.03. The number of halogens is 1. The molecule has 0 spiro atoms. The molecule has 0 saturated carbocycles. The number of aromatic nitrogens is 2. The summed E-state index contributed by atoms with van der Waals surface area (Å²) in [6.07, 6.45) is 4.78. The van der Waals surface area contributed by atoms with Gasteiger partial charge in [-0.25, -0.2) is 13.1 Å². The minimum absolute atomic E-state index is 0.264. The Morgan fingerprint density at radius 3 is 2.47 bits per heavy atom. The molecule has 0 aliphatic heterocycles. The Kier molecular flexibility index (Phi) is 4.10. The molecule has 2 aromatic rings. The van der Waals surface area contributed by atoms with Crippen molar-refractivity contribution in [1.82, 2.24) is 9.78 Å². The summed E-state index contributed by atoms with van der Waals surface area (Å²) in [4.78, 5) is -0.264. The van der Waals surface area contributed by atoms with Gasteiger partial charge in [0, 0.05) is 18.0 Å². The first-order valence-corrected chi connectivity index (χ1v) is 8.69. The quantitative estimate of drug-likeness (QED) is 0.802. The van der Waals surface area contributed by atoms with E-state index in [4.69, 9.17) is 0 Å². The third-order valence-corrected chi connectivity index (χ3v) is 6.32. The van der Waals surface area contributed by atoms with E-state index in [9.17, 15) is 8.42 Å². The number of hydrogen-bond donors (Lipinski definition) is 0. The minimum Gasteiger partial charge on any atom is -0.241 e. The Hall–Kier alpha value is -1.14. The van der Waals surface area contributed by atoms with E-state index in [2.05, 4.69) is 21.0 Å². The van der Waals surface area contributed by atoms with Gasteiger partial charge in [-0.05, 0) is 19.1 Å². The van der Waals surface area contributed by atoms with Gasteiger partial charge in [0.15, 0.2) is 9.84 Å². The van der Waals surface area contributed by atoms with E-state index in [0.717, 1.165) is 11.3 Å². The van der Waals surface area contributed by atoms with Crippen molar-refractivity contribution in [2.45, 2.75) is 17.0 Å². The Labute approximate surface area is 121 Å². The van der Waals surface area contributed by atoms with Crippen LogP contribution in [-0.2, 0) is 9.84 Å². The predicted molar refractivity (Wildman–Crippen MR) is 79.5 cm³/mol. The summed E-state index contributed by atoms with van der Waals surface area (Å²) < 4.78 is 24.9. The molecule has 19 heavy (non-hydrogen) atoms. The summed E-state index contributed by atoms with van der Waals surface area (Å²) in [6.45, 7) is 1.69. The van der Waals surface area contributed by atoms with Gasteiger partial charge in [-0.3, -0.25) is 0 Å². The number of alkyl halides is 1. The van der Waals surface area contributed by atoms with Crippen molar-refractivity contribution in [2.75, 3.05) is 6.26 Å². The van der Waals surface area contributed by atoms with Crippen LogP contribution in [0.15, 0.2) is 42.7 Å². The zero-order valence-electron chi connectivity index (χ0n) is 10.7. The van der Waals surface area contributed by atoms with Gasteiger partial charge in [0.25, 0.3) is 0 Å². The molecule has 1 aromatic carbocycles. The highest BCUT2D eigenvalue weighted by atomic mass is 79.9. The molecule has 0 aliphatic rings. The fourth-order valence-corrected chi connectivity index (χ4v) is 3.69. The second-order valence-electron chi connectivity index (χ2n) is 4.49. The first-order valence-electron chi connectivity index (χ1n) is 5.82. The van der Waals surface area contributed by atoms with Gasteiger partial charge in [0.2, 0.25) is 0 Å². The van der Waals surface area contributed by atoms with E-state index >= 15 is 0 Å². The molecule has 1 aromatic heterocycles. The van der Waals surface area contributed by atoms with Gasteiger partial charge < -0.3 is 0 Å². The van der Waals surface area contributed by atoms with Crippen LogP contribution >= 0.6 is 15.9 Å². The molecule has 0 N–H and O–H groups in total. The van der Waals surface area contributed by atoms with E-state index in [1.807, 2.05) is 36.5 Å². The zero-order valence-corrected chi connectivity index (χ0v) is 13.1. The highest BCUT2D eigenvalue weighted by molar-refractivity contribution is 9.09. The van der Waals surface area contributed by atoms with Gasteiger partial charge in [-0.2, -0.15) is 5.10 Å². The number of hydrogen-bond acceptors (Lipinski definition) is 3. The summed E-state index contributed by atoms with van der Waals surface area (Å²) in [5, 5.41) is 3.76. The molecule has 0 bridgehead atoms. The van der Waals surface area contributed by atoms with Crippen LogP contribution in [0.5, 0.6) is 0 Å². The Morgan fingerprint density at radius 2 is 1.89 bits per heavy atom. The molecule has 0 radical (unpaired) electrons. The average Bonchev–Trinajstić information content (AvgIpc) is 2.86. The van der Waals surface area contributed by atoms with Gasteiger partial charge in [0.05, 0.1) is 22.0 Å². The van der Waals surface area contributed by atoms with E-state index < -0.39 is 15.1 Å². The maximum absolute atomic E-state index is 11.6. The fraction of sp³-hybridized carbons (Fsp3) is 0.308. The molecule has 0 amide bonds. The van der Waals surface area contributed by atoms with Crippen molar-refractivity contribution in [3.8, 4) is 5.69 Å². The molecule has 102 valence electrons. The van der Waals surface area contributed by atoms with E-state index in [-0.39, 0.29) is 4.83 Å². The SMILES string of the molecule is CC(C(Br)c1cnn(-c2ccccc2)c1)S(C)(=O)=O. The standard InChI is InChI=1S/C13H15BrN2O2S/c1-10(19(2,17)18)13(14)11-8-15-16(9-11)12-6-4-3-5-7-12/h3-10,13H,1-2H3. The molecule has 2 rings (SSSR count). The van der Waals surface area contributed by atoms with Crippen molar-refractivity contribution < 1.29 is 8.42 Å². The van der Waals surface area contributed by atoms with Crippen LogP contribution in [0.4, 0.5) is 0 Å². The van der Waals surface area contributed by atoms with Crippen LogP contribution in [0.3, 0.4) is 0 Å². The summed E-state index contributed by atoms with van der Waals surface area (Å²) in [5.74, 6) is 0. The lowest BCUT2D eigenvalue weighted by atomic mass is 10.2. The van der Waals surface area contributed by atoms with Gasteiger partial charge in [-0.1, -0.05) is 34.1 Å². The minimum atomic E-state index is -3.09. The Balaban J connectivity index is 2.27. The van der Waals surface area contributed by atoms with Crippen LogP contribution in [-0.4, -0.2) is 29.7 Å². The van der Waals surface area contributed by atoms with E-state index in [0.29, 0.717) is 0 Å². The van der Waals surface area contributed by atoms with Crippen LogP contribution in [0.25, 0.3) is 5.69 Å². The second-order valence-corrected chi connectivity index (χ2v) is 7.88. The molecule has 4 nitrogen and oxygen atoms in total. The highest BCUT2D eigenvalue weighted by Crippen LogP contribution is 2.30. The van der Waals surface area contributed by atoms with Gasteiger partial charge in [-0.15, -0.1) is 0 Å². The second kappa shape index (κ2) is 5.46. The average molecular weight is 343 g/mol. The van der Waals surface area contributed by atoms with E-state index in [1.165, 1.54) is 6.26 Å². The summed E-state index contributed by atoms with van der Waals surface area (Å²) in [6, 6.07) is 9.69. The summed E-state index contributed by atoms with van der Waals surface area (Å²) in [7, 11) is -3.09. The van der Waals surface area contributed by atoms with Crippen LogP contribution < -0.4 is 0 Å². The first-order chi connectivity index (χ1) is 8.89. The first kappa shape index (κ1) is 14.3. The summed E-state index contributed by atoms with van der Waals surface area (Å²) in [5.41, 5.74) is 1.79. The molecule has 0 fully saturated rings. The summed E-state index contributed by atoms with van der Waals surface area (Å²) >= 11 is 3.44. The van der Waals surface area contributed by atoms with Crippen molar-refractivity contribution in [1.29, 1.82) is 0 Å². The van der Waals surface area contributed by atoms with Crippen LogP contribution in [0, 0.1) is 0 Å². The monoisotopic (exact) mass is 342 g/mol. The van der Waals surface area contributed by atoms with Crippen molar-refractivity contribution in [3.05, 3.63) is 48.3 Å². The fourth-order valence-electron chi connectivity index (χ4n) is 1.69. The van der Waals surface area contributed by atoms with Crippen LogP contribution in [0.1, 0.15) is 17.3 Å². The largest absolute Gasteiger partial charge is 0.241 e. The van der Waals surface area contributed by atoms with Gasteiger partial charge in [0.1, 0.15) is 0 Å². The van der Waals surface area contributed by atoms with Crippen molar-refractivity contribution in [3.63, 3.8) is 0 Å². The maximum atomic E-state index is 11.6. The molecule has 0 saturated heterocycles. The van der Waals surface area contributed by atoms with Gasteiger partial charge >= 0.3 is 0 Å². The maximum Gasteiger partial charge on any atom is 0.151 e. The van der Waals surface area contributed by atoms with Crippen molar-refractivity contribution >= 4 is 25.8 Å². The van der Waals surface area contributed by atoms with Crippen LogP contribution in [0.2, 0.25) is 0 Å². The molecule has 0 aliphatic carbocycles. The lowest BCUT2D eigenvalue weighted by Gasteiger charge is -2.14. The lowest BCUT2D eigenvalue weighted by molar-refractivity contribution is 0.588. The number of nitrogens with zero attached hydrogens (tertiary/aromatic N) is 2. The zero-order chi connectivity index (χ0) is 14.0. The Morgan fingerprint density at radius 1 is 1.26 bits per heavy atom. The molecule has 2 atom stereocenters. The Bertz CT molecular complexity index is 652. The molecule has 6 heteroatoms. The normalized spacial score (nSPS) is 15.1. The highest BCUT2D eigenvalue weighted by Gasteiger charge is 2.26. The number of rotatable bonds is 4.